The SMILES string of the molecule is CC(C)C#CC[C@@H]1Cc2cc(C(N)=O)cnc2N1. The van der Waals surface area contributed by atoms with Gasteiger partial charge in [-0.3, -0.25) is 4.79 Å². The number of hydrogen-bond donors (Lipinski definition) is 2. The van der Waals surface area contributed by atoms with Crippen LogP contribution in [0.3, 0.4) is 0 Å². The highest BCUT2D eigenvalue weighted by molar-refractivity contribution is 5.93. The van der Waals surface area contributed by atoms with Gasteiger partial charge in [0.15, 0.2) is 0 Å². The number of carbonyl (C=O) groups excluding carboxylic acids is 1. The minimum absolute atomic E-state index is 0.280. The van der Waals surface area contributed by atoms with Crippen LogP contribution in [0.15, 0.2) is 12.3 Å². The van der Waals surface area contributed by atoms with Crippen LogP contribution in [-0.4, -0.2) is 16.9 Å². The van der Waals surface area contributed by atoms with Crippen molar-refractivity contribution in [3.63, 3.8) is 0 Å². The van der Waals surface area contributed by atoms with Crippen LogP contribution in [0.1, 0.15) is 36.2 Å². The largest absolute Gasteiger partial charge is 0.366 e. The highest BCUT2D eigenvalue weighted by atomic mass is 16.1. The average Bonchev–Trinajstić information content (AvgIpc) is 2.69. The molecule has 0 spiro atoms. The Morgan fingerprint density at radius 2 is 2.44 bits per heavy atom. The second-order valence-corrected chi connectivity index (χ2v) is 4.82. The third kappa shape index (κ3) is 2.80. The van der Waals surface area contributed by atoms with Gasteiger partial charge in [0, 0.05) is 24.6 Å². The van der Waals surface area contributed by atoms with Crippen molar-refractivity contribution in [2.75, 3.05) is 5.32 Å². The standard InChI is InChI=1S/C14H17N3O/c1-9(2)4-3-5-12-7-10-6-11(13(15)18)8-16-14(10)17-12/h6,8-9,12H,5,7H2,1-2H3,(H2,15,18)(H,16,17)/t12-/m1/s1. The van der Waals surface area contributed by atoms with Crippen LogP contribution in [-0.2, 0) is 6.42 Å². The van der Waals surface area contributed by atoms with Gasteiger partial charge in [-0.05, 0) is 18.1 Å². The lowest BCUT2D eigenvalue weighted by Gasteiger charge is -2.05. The quantitative estimate of drug-likeness (QED) is 0.775. The molecule has 1 aliphatic heterocycles. The molecule has 1 aromatic rings. The molecule has 1 atom stereocenters. The number of pyridine rings is 1. The van der Waals surface area contributed by atoms with Crippen molar-refractivity contribution >= 4 is 11.7 Å². The summed E-state index contributed by atoms with van der Waals surface area (Å²) in [6.45, 7) is 4.15. The van der Waals surface area contributed by atoms with Gasteiger partial charge in [0.25, 0.3) is 0 Å². The monoisotopic (exact) mass is 243 g/mol. The highest BCUT2D eigenvalue weighted by Gasteiger charge is 2.21. The van der Waals surface area contributed by atoms with Crippen LogP contribution >= 0.6 is 0 Å². The molecule has 0 fully saturated rings. The van der Waals surface area contributed by atoms with Gasteiger partial charge in [0.2, 0.25) is 5.91 Å². The number of nitrogens with two attached hydrogens (primary N) is 1. The van der Waals surface area contributed by atoms with Crippen LogP contribution in [0, 0.1) is 17.8 Å². The van der Waals surface area contributed by atoms with E-state index in [1.54, 1.807) is 0 Å². The fourth-order valence-electron chi connectivity index (χ4n) is 1.95. The third-order valence-corrected chi connectivity index (χ3v) is 2.80. The van der Waals surface area contributed by atoms with E-state index in [0.717, 1.165) is 24.2 Å². The maximum Gasteiger partial charge on any atom is 0.250 e. The molecule has 18 heavy (non-hydrogen) atoms. The Labute approximate surface area is 107 Å². The Morgan fingerprint density at radius 1 is 1.67 bits per heavy atom. The fraction of sp³-hybridized carbons (Fsp3) is 0.429. The first-order valence-electron chi connectivity index (χ1n) is 6.10. The Balaban J connectivity index is 2.05. The molecular formula is C14H17N3O. The molecule has 3 N–H and O–H groups in total. The molecule has 0 unspecified atom stereocenters. The molecule has 1 amide bonds. The maximum absolute atomic E-state index is 11.1. The van der Waals surface area contributed by atoms with E-state index in [2.05, 4.69) is 36.0 Å². The van der Waals surface area contributed by atoms with Crippen molar-refractivity contribution in [1.82, 2.24) is 4.98 Å². The van der Waals surface area contributed by atoms with Crippen LogP contribution < -0.4 is 11.1 Å². The number of aromatic nitrogens is 1. The summed E-state index contributed by atoms with van der Waals surface area (Å²) in [6.07, 6.45) is 3.15. The molecule has 0 aliphatic carbocycles. The van der Waals surface area contributed by atoms with Crippen molar-refractivity contribution in [3.8, 4) is 11.8 Å². The van der Waals surface area contributed by atoms with Gasteiger partial charge < -0.3 is 11.1 Å². The fourth-order valence-corrected chi connectivity index (χ4v) is 1.95. The third-order valence-electron chi connectivity index (χ3n) is 2.80. The van der Waals surface area contributed by atoms with Gasteiger partial charge in [-0.2, -0.15) is 0 Å². The molecule has 1 aromatic heterocycles. The zero-order valence-electron chi connectivity index (χ0n) is 10.7. The Kier molecular flexibility index (Phi) is 3.52. The summed E-state index contributed by atoms with van der Waals surface area (Å²) in [5, 5.41) is 3.31. The molecule has 0 bridgehead atoms. The molecule has 4 nitrogen and oxygen atoms in total. The van der Waals surface area contributed by atoms with Gasteiger partial charge in [-0.15, -0.1) is 11.8 Å². The van der Waals surface area contributed by atoms with E-state index in [1.165, 1.54) is 6.20 Å². The molecular weight excluding hydrogens is 226 g/mol. The number of fused-ring (bicyclic) bond motifs is 1. The number of nitrogens with one attached hydrogen (secondary N) is 1. The smallest absolute Gasteiger partial charge is 0.250 e. The van der Waals surface area contributed by atoms with Crippen LogP contribution in [0.2, 0.25) is 0 Å². The van der Waals surface area contributed by atoms with Crippen molar-refractivity contribution in [3.05, 3.63) is 23.4 Å². The van der Waals surface area contributed by atoms with Gasteiger partial charge in [0.1, 0.15) is 5.82 Å². The topological polar surface area (TPSA) is 68.0 Å². The van der Waals surface area contributed by atoms with Gasteiger partial charge in [-0.1, -0.05) is 13.8 Å². The Bertz CT molecular complexity index is 526. The van der Waals surface area contributed by atoms with Gasteiger partial charge in [0.05, 0.1) is 5.56 Å². The van der Waals surface area contributed by atoms with Crippen molar-refractivity contribution in [2.24, 2.45) is 11.7 Å². The molecule has 0 aromatic carbocycles. The molecule has 2 rings (SSSR count). The van der Waals surface area contributed by atoms with Crippen LogP contribution in [0.5, 0.6) is 0 Å². The van der Waals surface area contributed by atoms with E-state index in [4.69, 9.17) is 5.73 Å². The first-order chi connectivity index (χ1) is 8.56. The van der Waals surface area contributed by atoms with Crippen molar-refractivity contribution in [2.45, 2.75) is 32.7 Å². The second-order valence-electron chi connectivity index (χ2n) is 4.82. The normalized spacial score (nSPS) is 16.7. The van der Waals surface area contributed by atoms with E-state index < -0.39 is 5.91 Å². The predicted molar refractivity (Wildman–Crippen MR) is 71.1 cm³/mol. The van der Waals surface area contributed by atoms with Gasteiger partial charge >= 0.3 is 0 Å². The van der Waals surface area contributed by atoms with E-state index >= 15 is 0 Å². The summed E-state index contributed by atoms with van der Waals surface area (Å²) in [5.74, 6) is 7.12. The predicted octanol–water partition coefficient (Wildman–Crippen LogP) is 1.57. The van der Waals surface area contributed by atoms with E-state index in [1.807, 2.05) is 6.07 Å². The first kappa shape index (κ1) is 12.4. The molecule has 0 saturated carbocycles. The van der Waals surface area contributed by atoms with Gasteiger partial charge in [-0.25, -0.2) is 4.98 Å². The molecule has 2 heterocycles. The summed E-state index contributed by atoms with van der Waals surface area (Å²) in [6, 6.07) is 2.09. The van der Waals surface area contributed by atoms with Crippen LogP contribution in [0.4, 0.5) is 5.82 Å². The van der Waals surface area contributed by atoms with E-state index in [0.29, 0.717) is 11.5 Å². The lowest BCUT2D eigenvalue weighted by molar-refractivity contribution is 0.1000. The highest BCUT2D eigenvalue weighted by Crippen LogP contribution is 2.25. The first-order valence-corrected chi connectivity index (χ1v) is 6.10. The lowest BCUT2D eigenvalue weighted by Crippen LogP contribution is -2.14. The number of amides is 1. The van der Waals surface area contributed by atoms with Crippen molar-refractivity contribution in [1.29, 1.82) is 0 Å². The minimum atomic E-state index is -0.437. The van der Waals surface area contributed by atoms with E-state index in [9.17, 15) is 4.79 Å². The van der Waals surface area contributed by atoms with Crippen molar-refractivity contribution < 1.29 is 4.79 Å². The zero-order valence-corrected chi connectivity index (χ0v) is 10.7. The molecule has 4 heteroatoms. The molecule has 94 valence electrons. The summed E-state index contributed by atoms with van der Waals surface area (Å²) in [7, 11) is 0. The summed E-state index contributed by atoms with van der Waals surface area (Å²) < 4.78 is 0. The number of nitrogens with zero attached hydrogens (tertiary/aromatic N) is 1. The number of anilines is 1. The molecule has 1 aliphatic rings. The Morgan fingerprint density at radius 3 is 3.11 bits per heavy atom. The molecule has 0 radical (unpaired) electrons. The summed E-state index contributed by atoms with van der Waals surface area (Å²) in [5.41, 5.74) is 6.74. The summed E-state index contributed by atoms with van der Waals surface area (Å²) in [4.78, 5) is 15.3. The Hall–Kier alpha value is -2.02. The second kappa shape index (κ2) is 5.09. The number of primary amides is 1. The zero-order chi connectivity index (χ0) is 13.1. The van der Waals surface area contributed by atoms with E-state index in [-0.39, 0.29) is 6.04 Å². The number of hydrogen-bond acceptors (Lipinski definition) is 3. The number of rotatable bonds is 2. The molecule has 0 saturated heterocycles. The average molecular weight is 243 g/mol. The number of carbonyl (C=O) groups is 1. The summed E-state index contributed by atoms with van der Waals surface area (Å²) >= 11 is 0. The maximum atomic E-state index is 11.1. The van der Waals surface area contributed by atoms with Crippen LogP contribution in [0.25, 0.3) is 0 Å². The lowest BCUT2D eigenvalue weighted by atomic mass is 10.1. The minimum Gasteiger partial charge on any atom is -0.366 e.